The Hall–Kier alpha value is -0.810. The van der Waals surface area contributed by atoms with Crippen LogP contribution in [-0.2, 0) is 0 Å². The molecule has 88 valence electrons. The Morgan fingerprint density at radius 2 is 2.31 bits per heavy atom. The van der Waals surface area contributed by atoms with Gasteiger partial charge in [-0.15, -0.1) is 0 Å². The molecule has 0 radical (unpaired) electrons. The Morgan fingerprint density at radius 1 is 1.62 bits per heavy atom. The largest absolute Gasteiger partial charge is 0.397 e. The SMILES string of the molecule is Cc1c(N)cnc(NCC2(CO)CC2)c1Br. The minimum Gasteiger partial charge on any atom is -0.397 e. The van der Waals surface area contributed by atoms with Crippen molar-refractivity contribution in [1.29, 1.82) is 0 Å². The molecule has 5 heteroatoms. The molecule has 1 aliphatic rings. The molecule has 1 fully saturated rings. The van der Waals surface area contributed by atoms with Gasteiger partial charge in [0.1, 0.15) is 5.82 Å². The molecule has 1 aromatic heterocycles. The minimum atomic E-state index is 0.0798. The van der Waals surface area contributed by atoms with E-state index in [0.29, 0.717) is 5.69 Å². The number of pyridine rings is 1. The fourth-order valence-corrected chi connectivity index (χ4v) is 2.03. The van der Waals surface area contributed by atoms with E-state index in [9.17, 15) is 5.11 Å². The number of nitrogens with two attached hydrogens (primary N) is 1. The Labute approximate surface area is 103 Å². The first kappa shape index (κ1) is 11.7. The lowest BCUT2D eigenvalue weighted by molar-refractivity contribution is 0.219. The highest BCUT2D eigenvalue weighted by Gasteiger charge is 2.41. The standard InChI is InChI=1S/C11H16BrN3O/c1-7-8(13)4-14-10(9(7)12)15-5-11(6-16)2-3-11/h4,16H,2-3,5-6,13H2,1H3,(H,14,15). The summed E-state index contributed by atoms with van der Waals surface area (Å²) in [7, 11) is 0. The van der Waals surface area contributed by atoms with Crippen molar-refractivity contribution < 1.29 is 5.11 Å². The van der Waals surface area contributed by atoms with E-state index >= 15 is 0 Å². The molecule has 0 atom stereocenters. The van der Waals surface area contributed by atoms with Crippen LogP contribution < -0.4 is 11.1 Å². The van der Waals surface area contributed by atoms with Crippen molar-refractivity contribution in [1.82, 2.24) is 4.98 Å². The monoisotopic (exact) mass is 285 g/mol. The molecule has 0 saturated heterocycles. The molecule has 1 saturated carbocycles. The molecule has 1 aromatic rings. The summed E-state index contributed by atoms with van der Waals surface area (Å²) in [4.78, 5) is 4.24. The van der Waals surface area contributed by atoms with Crippen LogP contribution in [-0.4, -0.2) is 23.2 Å². The number of rotatable bonds is 4. The zero-order valence-electron chi connectivity index (χ0n) is 9.26. The molecule has 2 rings (SSSR count). The lowest BCUT2D eigenvalue weighted by atomic mass is 10.1. The van der Waals surface area contributed by atoms with Gasteiger partial charge in [0.05, 0.1) is 23.0 Å². The Balaban J connectivity index is 2.07. The highest BCUT2D eigenvalue weighted by molar-refractivity contribution is 9.10. The second-order valence-corrected chi connectivity index (χ2v) is 5.31. The molecule has 0 unspecified atom stereocenters. The topological polar surface area (TPSA) is 71.2 Å². The number of halogens is 1. The number of aliphatic hydroxyl groups excluding tert-OH is 1. The van der Waals surface area contributed by atoms with E-state index in [1.165, 1.54) is 0 Å². The molecule has 16 heavy (non-hydrogen) atoms. The van der Waals surface area contributed by atoms with Crippen LogP contribution in [0.2, 0.25) is 0 Å². The predicted octanol–water partition coefficient (Wildman–Crippen LogP) is 1.92. The average Bonchev–Trinajstić information content (AvgIpc) is 3.06. The number of hydrogen-bond acceptors (Lipinski definition) is 4. The van der Waals surface area contributed by atoms with Crippen molar-refractivity contribution in [3.63, 3.8) is 0 Å². The maximum Gasteiger partial charge on any atom is 0.140 e. The first-order chi connectivity index (χ1) is 7.58. The molecule has 0 aliphatic heterocycles. The smallest absolute Gasteiger partial charge is 0.140 e. The minimum absolute atomic E-state index is 0.0798. The van der Waals surface area contributed by atoms with Crippen molar-refractivity contribution in [2.45, 2.75) is 19.8 Å². The van der Waals surface area contributed by atoms with Gasteiger partial charge in [0, 0.05) is 12.0 Å². The summed E-state index contributed by atoms with van der Waals surface area (Å²) in [6, 6.07) is 0. The fourth-order valence-electron chi connectivity index (χ4n) is 1.55. The van der Waals surface area contributed by atoms with Gasteiger partial charge in [-0.2, -0.15) is 0 Å². The van der Waals surface area contributed by atoms with E-state index in [1.54, 1.807) is 6.20 Å². The zero-order valence-corrected chi connectivity index (χ0v) is 10.8. The average molecular weight is 286 g/mol. The lowest BCUT2D eigenvalue weighted by Crippen LogP contribution is -2.20. The van der Waals surface area contributed by atoms with Gasteiger partial charge in [-0.3, -0.25) is 0 Å². The molecule has 1 heterocycles. The van der Waals surface area contributed by atoms with Crippen LogP contribution in [0.5, 0.6) is 0 Å². The van der Waals surface area contributed by atoms with Gasteiger partial charge in [0.25, 0.3) is 0 Å². The van der Waals surface area contributed by atoms with Gasteiger partial charge < -0.3 is 16.2 Å². The Kier molecular flexibility index (Phi) is 3.08. The summed E-state index contributed by atoms with van der Waals surface area (Å²) >= 11 is 3.47. The Bertz CT molecular complexity index is 404. The normalized spacial score (nSPS) is 17.2. The molecule has 1 aliphatic carbocycles. The third-order valence-electron chi connectivity index (χ3n) is 3.23. The lowest BCUT2D eigenvalue weighted by Gasteiger charge is -2.15. The van der Waals surface area contributed by atoms with Crippen LogP contribution >= 0.6 is 15.9 Å². The van der Waals surface area contributed by atoms with Gasteiger partial charge in [0.2, 0.25) is 0 Å². The first-order valence-corrected chi connectivity index (χ1v) is 6.13. The molecule has 4 nitrogen and oxygen atoms in total. The fraction of sp³-hybridized carbons (Fsp3) is 0.545. The number of hydrogen-bond donors (Lipinski definition) is 3. The third kappa shape index (κ3) is 2.15. The molecular weight excluding hydrogens is 270 g/mol. The number of nitrogens with zero attached hydrogens (tertiary/aromatic N) is 1. The summed E-state index contributed by atoms with van der Waals surface area (Å²) in [6.07, 6.45) is 3.82. The first-order valence-electron chi connectivity index (χ1n) is 5.33. The molecule has 0 aromatic carbocycles. The van der Waals surface area contributed by atoms with Crippen LogP contribution in [0.3, 0.4) is 0 Å². The number of aliphatic hydroxyl groups is 1. The van der Waals surface area contributed by atoms with Gasteiger partial charge in [-0.25, -0.2) is 4.98 Å². The van der Waals surface area contributed by atoms with Crippen molar-refractivity contribution in [2.75, 3.05) is 24.2 Å². The summed E-state index contributed by atoms with van der Waals surface area (Å²) < 4.78 is 0.904. The second kappa shape index (κ2) is 4.22. The third-order valence-corrected chi connectivity index (χ3v) is 4.20. The number of nitrogens with one attached hydrogen (secondary N) is 1. The van der Waals surface area contributed by atoms with E-state index in [0.717, 1.165) is 35.2 Å². The molecule has 0 spiro atoms. The van der Waals surface area contributed by atoms with Crippen LogP contribution in [0.4, 0.5) is 11.5 Å². The zero-order chi connectivity index (χ0) is 11.8. The van der Waals surface area contributed by atoms with Crippen molar-refractivity contribution in [2.24, 2.45) is 5.41 Å². The second-order valence-electron chi connectivity index (χ2n) is 4.51. The van der Waals surface area contributed by atoms with Crippen molar-refractivity contribution >= 4 is 27.4 Å². The van der Waals surface area contributed by atoms with Gasteiger partial charge >= 0.3 is 0 Å². The van der Waals surface area contributed by atoms with Gasteiger partial charge in [-0.1, -0.05) is 0 Å². The Morgan fingerprint density at radius 3 is 2.88 bits per heavy atom. The maximum absolute atomic E-state index is 9.21. The molecule has 0 bridgehead atoms. The van der Waals surface area contributed by atoms with Gasteiger partial charge in [0.15, 0.2) is 0 Å². The molecule has 0 amide bonds. The van der Waals surface area contributed by atoms with Crippen molar-refractivity contribution in [3.8, 4) is 0 Å². The van der Waals surface area contributed by atoms with E-state index in [-0.39, 0.29) is 12.0 Å². The predicted molar refractivity (Wildman–Crippen MR) is 68.3 cm³/mol. The quantitative estimate of drug-likeness (QED) is 0.790. The highest BCUT2D eigenvalue weighted by Crippen LogP contribution is 2.45. The van der Waals surface area contributed by atoms with E-state index in [1.807, 2.05) is 6.92 Å². The number of nitrogen functional groups attached to an aromatic ring is 1. The summed E-state index contributed by atoms with van der Waals surface area (Å²) in [5.41, 5.74) is 7.50. The summed E-state index contributed by atoms with van der Waals surface area (Å²) in [5.74, 6) is 0.798. The van der Waals surface area contributed by atoms with Crippen molar-refractivity contribution in [3.05, 3.63) is 16.2 Å². The summed E-state index contributed by atoms with van der Waals surface area (Å²) in [5, 5.41) is 12.5. The number of anilines is 2. The van der Waals surface area contributed by atoms with Crippen LogP contribution in [0, 0.1) is 12.3 Å². The number of aromatic nitrogens is 1. The maximum atomic E-state index is 9.21. The summed E-state index contributed by atoms with van der Waals surface area (Å²) in [6.45, 7) is 2.95. The van der Waals surface area contributed by atoms with Crippen LogP contribution in [0.1, 0.15) is 18.4 Å². The molecular formula is C11H16BrN3O. The van der Waals surface area contributed by atoms with Crippen LogP contribution in [0.15, 0.2) is 10.7 Å². The van der Waals surface area contributed by atoms with Crippen LogP contribution in [0.25, 0.3) is 0 Å². The van der Waals surface area contributed by atoms with E-state index in [4.69, 9.17) is 5.73 Å². The van der Waals surface area contributed by atoms with E-state index in [2.05, 4.69) is 26.2 Å². The molecule has 4 N–H and O–H groups in total. The van der Waals surface area contributed by atoms with E-state index < -0.39 is 0 Å². The highest BCUT2D eigenvalue weighted by atomic mass is 79.9. The van der Waals surface area contributed by atoms with Gasteiger partial charge in [-0.05, 0) is 41.3 Å².